The molecule has 3 aromatic rings. The van der Waals surface area contributed by atoms with Crippen LogP contribution in [0.2, 0.25) is 0 Å². The van der Waals surface area contributed by atoms with Gasteiger partial charge in [0.25, 0.3) is 0 Å². The number of pyridine rings is 1. The van der Waals surface area contributed by atoms with Crippen molar-refractivity contribution < 1.29 is 17.6 Å². The Morgan fingerprint density at radius 1 is 1.35 bits per heavy atom. The minimum Gasteiger partial charge on any atom is -0.460 e. The molecule has 0 atom stereocenters. The summed E-state index contributed by atoms with van der Waals surface area (Å²) in [6.07, 6.45) is -1.46. The molecule has 9 heteroatoms. The Kier molecular flexibility index (Phi) is 4.78. The van der Waals surface area contributed by atoms with Gasteiger partial charge in [-0.2, -0.15) is 18.4 Å². The van der Waals surface area contributed by atoms with Crippen molar-refractivity contribution in [2.24, 2.45) is 7.05 Å². The molecule has 0 aliphatic heterocycles. The van der Waals surface area contributed by atoms with Crippen molar-refractivity contribution in [2.75, 3.05) is 0 Å². The zero-order chi connectivity index (χ0) is 18.9. The molecule has 0 radical (unpaired) electrons. The van der Waals surface area contributed by atoms with Gasteiger partial charge in [-0.15, -0.1) is 0 Å². The molecule has 0 aromatic carbocycles. The molecule has 134 valence electrons. The van der Waals surface area contributed by atoms with E-state index >= 15 is 0 Å². The molecule has 3 aromatic heterocycles. The topological polar surface area (TPSA) is 67.6 Å². The summed E-state index contributed by atoms with van der Waals surface area (Å²) in [5.41, 5.74) is -0.673. The molecule has 3 rings (SSSR count). The largest absolute Gasteiger partial charge is 0.460 e. The summed E-state index contributed by atoms with van der Waals surface area (Å²) in [6.45, 7) is 1.69. The molecular weight excluding hydrogens is 365 g/mol. The van der Waals surface area contributed by atoms with Crippen molar-refractivity contribution in [3.05, 3.63) is 53.3 Å². The molecule has 0 amide bonds. The van der Waals surface area contributed by atoms with Crippen LogP contribution in [0.25, 0.3) is 11.5 Å². The summed E-state index contributed by atoms with van der Waals surface area (Å²) in [5.74, 6) is 1.11. The van der Waals surface area contributed by atoms with Gasteiger partial charge in [0.15, 0.2) is 5.76 Å². The Morgan fingerprint density at radius 2 is 2.12 bits per heavy atom. The zero-order valence-electron chi connectivity index (χ0n) is 13.8. The van der Waals surface area contributed by atoms with Gasteiger partial charge in [0, 0.05) is 24.7 Å². The summed E-state index contributed by atoms with van der Waals surface area (Å²) in [4.78, 5) is 8.22. The van der Waals surface area contributed by atoms with E-state index < -0.39 is 17.3 Å². The first kappa shape index (κ1) is 18.1. The number of imidazole rings is 1. The Balaban J connectivity index is 2.08. The molecule has 0 aliphatic rings. The van der Waals surface area contributed by atoms with E-state index in [9.17, 15) is 18.4 Å². The minimum atomic E-state index is -4.67. The van der Waals surface area contributed by atoms with Gasteiger partial charge in [0.1, 0.15) is 22.5 Å². The van der Waals surface area contributed by atoms with Gasteiger partial charge < -0.3 is 8.98 Å². The van der Waals surface area contributed by atoms with Gasteiger partial charge in [-0.3, -0.25) is 0 Å². The number of hydrogen-bond donors (Lipinski definition) is 0. The maximum absolute atomic E-state index is 13.5. The van der Waals surface area contributed by atoms with Crippen LogP contribution in [0.4, 0.5) is 13.2 Å². The van der Waals surface area contributed by atoms with Gasteiger partial charge in [-0.1, -0.05) is 11.8 Å². The first-order valence-corrected chi connectivity index (χ1v) is 8.45. The Bertz CT molecular complexity index is 985. The van der Waals surface area contributed by atoms with Crippen molar-refractivity contribution in [2.45, 2.75) is 23.9 Å². The van der Waals surface area contributed by atoms with Gasteiger partial charge in [0.2, 0.25) is 0 Å². The number of aryl methyl sites for hydroxylation is 2. The first-order chi connectivity index (χ1) is 12.3. The zero-order valence-corrected chi connectivity index (χ0v) is 14.6. The van der Waals surface area contributed by atoms with Gasteiger partial charge in [-0.25, -0.2) is 9.97 Å². The molecule has 0 bridgehead atoms. The number of hydrogen-bond acceptors (Lipinski definition) is 5. The number of thioether (sulfide) groups is 1. The highest BCUT2D eigenvalue weighted by molar-refractivity contribution is 7.98. The van der Waals surface area contributed by atoms with Gasteiger partial charge >= 0.3 is 6.18 Å². The number of nitrogens with zero attached hydrogens (tertiary/aromatic N) is 4. The first-order valence-electron chi connectivity index (χ1n) is 7.46. The van der Waals surface area contributed by atoms with Crippen molar-refractivity contribution in [1.29, 1.82) is 5.26 Å². The number of alkyl halides is 3. The molecular formula is C17H13F3N4OS. The highest BCUT2D eigenvalue weighted by Gasteiger charge is 2.36. The normalized spacial score (nSPS) is 11.5. The monoisotopic (exact) mass is 378 g/mol. The summed E-state index contributed by atoms with van der Waals surface area (Å²) < 4.78 is 47.5. The number of aromatic nitrogens is 3. The third-order valence-electron chi connectivity index (χ3n) is 3.67. The van der Waals surface area contributed by atoms with E-state index in [1.54, 1.807) is 49.3 Å². The lowest BCUT2D eigenvalue weighted by atomic mass is 10.1. The van der Waals surface area contributed by atoms with Crippen LogP contribution in [0, 0.1) is 18.3 Å². The number of halogens is 3. The number of nitriles is 1. The fourth-order valence-electron chi connectivity index (χ4n) is 2.32. The summed E-state index contributed by atoms with van der Waals surface area (Å²) >= 11 is 1.05. The second-order valence-electron chi connectivity index (χ2n) is 5.54. The maximum Gasteiger partial charge on any atom is 0.417 e. The standard InChI is InChI=1S/C17H13F3N4OS/c1-10-3-4-15(25-10)14-5-13(17(18,19)20)12(6-21)16(23-14)26-8-11-7-22-9-24(11)2/h3-5,7,9H,8H2,1-2H3. The average Bonchev–Trinajstić information content (AvgIpc) is 3.19. The van der Waals surface area contributed by atoms with E-state index in [1.165, 1.54) is 0 Å². The van der Waals surface area contributed by atoms with E-state index in [2.05, 4.69) is 9.97 Å². The molecule has 0 saturated carbocycles. The second kappa shape index (κ2) is 6.88. The molecule has 0 saturated heterocycles. The van der Waals surface area contributed by atoms with Crippen LogP contribution < -0.4 is 0 Å². The van der Waals surface area contributed by atoms with Crippen molar-refractivity contribution >= 4 is 11.8 Å². The van der Waals surface area contributed by atoms with Crippen molar-refractivity contribution in [3.63, 3.8) is 0 Å². The quantitative estimate of drug-likeness (QED) is 0.622. The third kappa shape index (κ3) is 3.60. The third-order valence-corrected chi connectivity index (χ3v) is 4.68. The molecule has 0 fully saturated rings. The fraction of sp³-hybridized carbons (Fsp3) is 0.235. The maximum atomic E-state index is 13.5. The van der Waals surface area contributed by atoms with Crippen LogP contribution >= 0.6 is 11.8 Å². The van der Waals surface area contributed by atoms with Gasteiger partial charge in [-0.05, 0) is 25.1 Å². The highest BCUT2D eigenvalue weighted by atomic mass is 32.2. The predicted octanol–water partition coefficient (Wildman–Crippen LogP) is 4.57. The summed E-state index contributed by atoms with van der Waals surface area (Å²) in [5, 5.41) is 9.30. The molecule has 5 nitrogen and oxygen atoms in total. The molecule has 3 heterocycles. The van der Waals surface area contributed by atoms with Crippen molar-refractivity contribution in [3.8, 4) is 17.5 Å². The second-order valence-corrected chi connectivity index (χ2v) is 6.50. The van der Waals surface area contributed by atoms with Crippen LogP contribution in [0.5, 0.6) is 0 Å². The van der Waals surface area contributed by atoms with E-state index in [0.717, 1.165) is 23.5 Å². The number of rotatable bonds is 4. The predicted molar refractivity (Wildman–Crippen MR) is 89.2 cm³/mol. The molecule has 0 N–H and O–H groups in total. The van der Waals surface area contributed by atoms with Gasteiger partial charge in [0.05, 0.1) is 17.5 Å². The Hall–Kier alpha value is -2.73. The Labute approximate surface area is 151 Å². The summed E-state index contributed by atoms with van der Waals surface area (Å²) in [7, 11) is 1.78. The van der Waals surface area contributed by atoms with Crippen LogP contribution in [-0.4, -0.2) is 14.5 Å². The van der Waals surface area contributed by atoms with E-state index in [4.69, 9.17) is 4.42 Å². The average molecular weight is 378 g/mol. The fourth-order valence-corrected chi connectivity index (χ4v) is 3.35. The smallest absolute Gasteiger partial charge is 0.417 e. The van der Waals surface area contributed by atoms with E-state index in [0.29, 0.717) is 11.5 Å². The van der Waals surface area contributed by atoms with E-state index in [-0.39, 0.29) is 16.5 Å². The lowest BCUT2D eigenvalue weighted by molar-refractivity contribution is -0.138. The number of furan rings is 1. The van der Waals surface area contributed by atoms with Crippen LogP contribution in [0.15, 0.2) is 40.2 Å². The van der Waals surface area contributed by atoms with Crippen LogP contribution in [-0.2, 0) is 19.0 Å². The molecule has 26 heavy (non-hydrogen) atoms. The minimum absolute atomic E-state index is 0.00702. The summed E-state index contributed by atoms with van der Waals surface area (Å²) in [6, 6.07) is 5.69. The van der Waals surface area contributed by atoms with Crippen molar-refractivity contribution in [1.82, 2.24) is 14.5 Å². The lowest BCUT2D eigenvalue weighted by Gasteiger charge is -2.13. The highest BCUT2D eigenvalue weighted by Crippen LogP contribution is 2.38. The SMILES string of the molecule is Cc1ccc(-c2cc(C(F)(F)F)c(C#N)c(SCc3cncn3C)n2)o1. The molecule has 0 spiro atoms. The van der Waals surface area contributed by atoms with Crippen LogP contribution in [0.3, 0.4) is 0 Å². The van der Waals surface area contributed by atoms with Crippen LogP contribution in [0.1, 0.15) is 22.6 Å². The molecule has 0 aliphatic carbocycles. The lowest BCUT2D eigenvalue weighted by Crippen LogP contribution is -2.10. The Morgan fingerprint density at radius 3 is 2.65 bits per heavy atom. The molecule has 0 unspecified atom stereocenters. The van der Waals surface area contributed by atoms with E-state index in [1.807, 2.05) is 0 Å².